The van der Waals surface area contributed by atoms with Gasteiger partial charge < -0.3 is 19.3 Å². The number of rotatable bonds is 8. The van der Waals surface area contributed by atoms with E-state index >= 15 is 0 Å². The van der Waals surface area contributed by atoms with Crippen LogP contribution in [0.1, 0.15) is 61.4 Å². The second-order valence-electron chi connectivity index (χ2n) is 10.9. The number of ether oxygens (including phenoxy) is 2. The Bertz CT molecular complexity index is 1470. The van der Waals surface area contributed by atoms with E-state index in [9.17, 15) is 14.4 Å². The summed E-state index contributed by atoms with van der Waals surface area (Å²) >= 11 is 1.45. The van der Waals surface area contributed by atoms with Crippen LogP contribution in [0, 0.1) is 19.8 Å². The normalized spacial score (nSPS) is 20.1. The maximum absolute atomic E-state index is 13.7. The van der Waals surface area contributed by atoms with E-state index < -0.39 is 12.0 Å². The topological polar surface area (TPSA) is 88.5 Å². The van der Waals surface area contributed by atoms with E-state index in [2.05, 4.69) is 6.07 Å². The van der Waals surface area contributed by atoms with Crippen LogP contribution in [0.2, 0.25) is 0 Å². The number of carbonyl (C=O) groups is 3. The van der Waals surface area contributed by atoms with E-state index in [4.69, 9.17) is 14.5 Å². The molecule has 220 valence electrons. The molecule has 0 unspecified atom stereocenters. The van der Waals surface area contributed by atoms with Gasteiger partial charge in [0.1, 0.15) is 6.61 Å². The molecule has 0 aromatic heterocycles. The van der Waals surface area contributed by atoms with E-state index in [1.165, 1.54) is 11.8 Å². The SMILES string of the molecule is CCOC(=O)[C@H]1CCCN(C(=O)CC2=CSC3=NC(C)=C(C(=O)OCc4ccccc4)[C@H](c4ccc(C)cc4C)N23)C1. The Kier molecular flexibility index (Phi) is 9.16. The van der Waals surface area contributed by atoms with Gasteiger partial charge in [0.15, 0.2) is 5.17 Å². The first-order chi connectivity index (χ1) is 20.3. The zero-order valence-electron chi connectivity index (χ0n) is 24.6. The van der Waals surface area contributed by atoms with Gasteiger partial charge in [-0.1, -0.05) is 65.9 Å². The van der Waals surface area contributed by atoms with Gasteiger partial charge in [-0.2, -0.15) is 0 Å². The number of fused-ring (bicyclic) bond motifs is 1. The summed E-state index contributed by atoms with van der Waals surface area (Å²) in [6.07, 6.45) is 1.61. The van der Waals surface area contributed by atoms with Crippen molar-refractivity contribution in [2.45, 2.75) is 59.6 Å². The first-order valence-corrected chi connectivity index (χ1v) is 15.3. The molecule has 1 saturated heterocycles. The number of aryl methyl sites for hydroxylation is 2. The van der Waals surface area contributed by atoms with Gasteiger partial charge in [0.25, 0.3) is 0 Å². The summed E-state index contributed by atoms with van der Waals surface area (Å²) in [6, 6.07) is 15.3. The standard InChI is InChI=1S/C33H37N3O5S/c1-5-40-31(38)25-12-9-15-35(18-25)28(37)17-26-20-42-33-34-23(4)29(32(39)41-19-24-10-7-6-8-11-24)30(36(26)33)27-14-13-21(2)16-22(27)3/h6-8,10-11,13-14,16,20,25,30H,5,9,12,15,17-19H2,1-4H3/t25-,30-/m0/s1. The molecule has 2 aromatic carbocycles. The lowest BCUT2D eigenvalue weighted by Crippen LogP contribution is -2.44. The molecule has 0 saturated carbocycles. The third-order valence-corrected chi connectivity index (χ3v) is 8.77. The number of amides is 1. The van der Waals surface area contributed by atoms with Crippen LogP contribution in [-0.2, 0) is 30.5 Å². The van der Waals surface area contributed by atoms with Crippen molar-refractivity contribution < 1.29 is 23.9 Å². The van der Waals surface area contributed by atoms with E-state index in [1.807, 2.05) is 73.5 Å². The predicted octanol–water partition coefficient (Wildman–Crippen LogP) is 5.81. The number of nitrogens with zero attached hydrogens (tertiary/aromatic N) is 3. The van der Waals surface area contributed by atoms with Crippen LogP contribution in [0.3, 0.4) is 0 Å². The van der Waals surface area contributed by atoms with Crippen molar-refractivity contribution in [3.63, 3.8) is 0 Å². The molecule has 0 N–H and O–H groups in total. The molecule has 1 amide bonds. The number of piperidine rings is 1. The first kappa shape index (κ1) is 29.6. The summed E-state index contributed by atoms with van der Waals surface area (Å²) < 4.78 is 11.1. The highest BCUT2D eigenvalue weighted by atomic mass is 32.2. The van der Waals surface area contributed by atoms with Crippen molar-refractivity contribution >= 4 is 34.8 Å². The average molecular weight is 588 g/mol. The van der Waals surface area contributed by atoms with Crippen molar-refractivity contribution in [2.75, 3.05) is 19.7 Å². The van der Waals surface area contributed by atoms with Crippen LogP contribution in [0.15, 0.2) is 75.9 Å². The number of esters is 2. The lowest BCUT2D eigenvalue weighted by Gasteiger charge is -2.38. The first-order valence-electron chi connectivity index (χ1n) is 14.4. The van der Waals surface area contributed by atoms with Crippen molar-refractivity contribution in [2.24, 2.45) is 10.9 Å². The number of amidine groups is 1. The fourth-order valence-electron chi connectivity index (χ4n) is 5.78. The Hall–Kier alpha value is -3.85. The van der Waals surface area contributed by atoms with Gasteiger partial charge in [0, 0.05) is 18.8 Å². The Morgan fingerprint density at radius 3 is 2.57 bits per heavy atom. The summed E-state index contributed by atoms with van der Waals surface area (Å²) in [5.74, 6) is -1.04. The molecule has 9 heteroatoms. The molecule has 1 fully saturated rings. The molecule has 2 atom stereocenters. The van der Waals surface area contributed by atoms with Crippen LogP contribution >= 0.6 is 11.8 Å². The van der Waals surface area contributed by atoms with Gasteiger partial charge >= 0.3 is 11.9 Å². The molecule has 0 radical (unpaired) electrons. The Morgan fingerprint density at radius 2 is 1.83 bits per heavy atom. The van der Waals surface area contributed by atoms with Crippen LogP contribution in [0.5, 0.6) is 0 Å². The minimum Gasteiger partial charge on any atom is -0.466 e. The highest BCUT2D eigenvalue weighted by Crippen LogP contribution is 2.46. The van der Waals surface area contributed by atoms with Crippen LogP contribution in [-0.4, -0.2) is 52.5 Å². The maximum Gasteiger partial charge on any atom is 0.338 e. The monoisotopic (exact) mass is 587 g/mol. The molecular weight excluding hydrogens is 550 g/mol. The summed E-state index contributed by atoms with van der Waals surface area (Å²) in [4.78, 5) is 48.3. The average Bonchev–Trinajstić information content (AvgIpc) is 3.37. The number of hydrogen-bond donors (Lipinski definition) is 0. The van der Waals surface area contributed by atoms with E-state index in [-0.39, 0.29) is 30.8 Å². The Balaban J connectivity index is 1.42. The number of hydrogen-bond acceptors (Lipinski definition) is 8. The molecule has 3 aliphatic heterocycles. The van der Waals surface area contributed by atoms with E-state index in [0.717, 1.165) is 46.0 Å². The van der Waals surface area contributed by atoms with Gasteiger partial charge in [-0.3, -0.25) is 9.59 Å². The molecule has 0 aliphatic carbocycles. The number of thioether (sulfide) groups is 1. The number of benzene rings is 2. The zero-order valence-corrected chi connectivity index (χ0v) is 25.4. The van der Waals surface area contributed by atoms with E-state index in [1.54, 1.807) is 11.8 Å². The van der Waals surface area contributed by atoms with Crippen molar-refractivity contribution in [1.29, 1.82) is 0 Å². The van der Waals surface area contributed by atoms with Crippen molar-refractivity contribution in [1.82, 2.24) is 9.80 Å². The largest absolute Gasteiger partial charge is 0.466 e. The lowest BCUT2D eigenvalue weighted by atomic mass is 9.90. The number of aliphatic imine (C=N–C) groups is 1. The predicted molar refractivity (Wildman–Crippen MR) is 163 cm³/mol. The molecule has 8 nitrogen and oxygen atoms in total. The Labute approximate surface area is 251 Å². The molecule has 42 heavy (non-hydrogen) atoms. The molecule has 5 rings (SSSR count). The smallest absolute Gasteiger partial charge is 0.338 e. The summed E-state index contributed by atoms with van der Waals surface area (Å²) in [6.45, 7) is 9.15. The van der Waals surface area contributed by atoms with Gasteiger partial charge in [-0.15, -0.1) is 0 Å². The molecule has 2 aromatic rings. The highest BCUT2D eigenvalue weighted by Gasteiger charge is 2.42. The van der Waals surface area contributed by atoms with Gasteiger partial charge in [-0.25, -0.2) is 9.79 Å². The van der Waals surface area contributed by atoms with Gasteiger partial charge in [-0.05, 0) is 62.6 Å². The van der Waals surface area contributed by atoms with E-state index in [0.29, 0.717) is 31.0 Å². The Morgan fingerprint density at radius 1 is 1.05 bits per heavy atom. The summed E-state index contributed by atoms with van der Waals surface area (Å²) in [7, 11) is 0. The quantitative estimate of drug-likeness (QED) is 0.360. The number of likely N-dealkylation sites (tertiary alicyclic amines) is 1. The van der Waals surface area contributed by atoms with Gasteiger partial charge in [0.05, 0.1) is 36.3 Å². The fourth-order valence-corrected chi connectivity index (χ4v) is 6.75. The number of allylic oxidation sites excluding steroid dienone is 1. The lowest BCUT2D eigenvalue weighted by molar-refractivity contribution is -0.151. The molecule has 0 spiro atoms. The molecular formula is C33H37N3O5S. The second-order valence-corrected chi connectivity index (χ2v) is 11.8. The fraction of sp³-hybridized carbons (Fsp3) is 0.394. The van der Waals surface area contributed by atoms with Crippen molar-refractivity contribution in [3.8, 4) is 0 Å². The summed E-state index contributed by atoms with van der Waals surface area (Å²) in [5.41, 5.74) is 5.86. The zero-order chi connectivity index (χ0) is 29.8. The molecule has 0 bridgehead atoms. The summed E-state index contributed by atoms with van der Waals surface area (Å²) in [5, 5.41) is 2.67. The third kappa shape index (κ3) is 6.31. The molecule has 3 heterocycles. The second kappa shape index (κ2) is 13.0. The van der Waals surface area contributed by atoms with Crippen LogP contribution in [0.4, 0.5) is 0 Å². The highest BCUT2D eigenvalue weighted by molar-refractivity contribution is 8.16. The minimum atomic E-state index is -0.496. The van der Waals surface area contributed by atoms with Crippen LogP contribution < -0.4 is 0 Å². The maximum atomic E-state index is 13.7. The third-order valence-electron chi connectivity index (χ3n) is 7.88. The van der Waals surface area contributed by atoms with Gasteiger partial charge in [0.2, 0.25) is 5.91 Å². The molecule has 3 aliphatic rings. The van der Waals surface area contributed by atoms with Crippen LogP contribution in [0.25, 0.3) is 0 Å². The minimum absolute atomic E-state index is 0.0593. The van der Waals surface area contributed by atoms with Crippen molar-refractivity contribution in [3.05, 3.63) is 93.2 Å². The number of carbonyl (C=O) groups excluding carboxylic acids is 3.